The molecule has 0 aliphatic rings. The Morgan fingerprint density at radius 1 is 1.30 bits per heavy atom. The summed E-state index contributed by atoms with van der Waals surface area (Å²) in [7, 11) is 0. The summed E-state index contributed by atoms with van der Waals surface area (Å²) in [5.41, 5.74) is 3.45. The van der Waals surface area contributed by atoms with Crippen LogP contribution in [0.5, 0.6) is 0 Å². The van der Waals surface area contributed by atoms with Crippen molar-refractivity contribution in [1.29, 1.82) is 0 Å². The Balaban J connectivity index is 1.63. The lowest BCUT2D eigenvalue weighted by atomic mass is 10.2. The Labute approximate surface area is 120 Å². The van der Waals surface area contributed by atoms with Crippen LogP contribution in [0.2, 0.25) is 0 Å². The molecule has 3 heterocycles. The van der Waals surface area contributed by atoms with E-state index in [1.807, 2.05) is 29.0 Å². The minimum absolute atomic E-state index is 0.0647. The molecule has 0 spiro atoms. The molecule has 20 heavy (non-hydrogen) atoms. The van der Waals surface area contributed by atoms with E-state index in [2.05, 4.69) is 10.3 Å². The predicted octanol–water partition coefficient (Wildman–Crippen LogP) is 3.33. The summed E-state index contributed by atoms with van der Waals surface area (Å²) in [5, 5.41) is 6.58. The van der Waals surface area contributed by atoms with Crippen molar-refractivity contribution in [3.05, 3.63) is 64.9 Å². The SMILES string of the molecule is O=C(NCc1ccc(-c2ccoc2)nc1)c1ccsc1. The van der Waals surface area contributed by atoms with Gasteiger partial charge in [0, 0.05) is 29.2 Å². The first-order valence-corrected chi connectivity index (χ1v) is 7.05. The van der Waals surface area contributed by atoms with Crippen LogP contribution in [0.15, 0.2) is 58.2 Å². The maximum atomic E-state index is 11.8. The number of hydrogen-bond donors (Lipinski definition) is 1. The van der Waals surface area contributed by atoms with Gasteiger partial charge in [-0.3, -0.25) is 9.78 Å². The van der Waals surface area contributed by atoms with Crippen molar-refractivity contribution in [1.82, 2.24) is 10.3 Å². The van der Waals surface area contributed by atoms with E-state index in [0.29, 0.717) is 12.1 Å². The average molecular weight is 284 g/mol. The summed E-state index contributed by atoms with van der Waals surface area (Å²) >= 11 is 1.51. The zero-order chi connectivity index (χ0) is 13.8. The molecule has 5 heteroatoms. The molecule has 1 amide bonds. The molecule has 0 bridgehead atoms. The van der Waals surface area contributed by atoms with Crippen molar-refractivity contribution in [3.63, 3.8) is 0 Å². The van der Waals surface area contributed by atoms with Crippen molar-refractivity contribution in [2.24, 2.45) is 0 Å². The minimum Gasteiger partial charge on any atom is -0.472 e. The molecule has 0 saturated carbocycles. The fourth-order valence-electron chi connectivity index (χ4n) is 1.79. The number of nitrogens with zero attached hydrogens (tertiary/aromatic N) is 1. The van der Waals surface area contributed by atoms with Crippen molar-refractivity contribution in [2.45, 2.75) is 6.54 Å². The average Bonchev–Trinajstić information content (AvgIpc) is 3.18. The van der Waals surface area contributed by atoms with Crippen LogP contribution in [0, 0.1) is 0 Å². The van der Waals surface area contributed by atoms with Gasteiger partial charge in [-0.2, -0.15) is 11.3 Å². The van der Waals surface area contributed by atoms with E-state index < -0.39 is 0 Å². The molecular weight excluding hydrogens is 272 g/mol. The zero-order valence-electron chi connectivity index (χ0n) is 10.6. The molecule has 100 valence electrons. The van der Waals surface area contributed by atoms with E-state index in [1.165, 1.54) is 11.3 Å². The Hall–Kier alpha value is -2.40. The Bertz CT molecular complexity index is 673. The fourth-order valence-corrected chi connectivity index (χ4v) is 2.42. The molecule has 0 aliphatic carbocycles. The normalized spacial score (nSPS) is 10.4. The van der Waals surface area contributed by atoms with Crippen LogP contribution in [-0.4, -0.2) is 10.9 Å². The topological polar surface area (TPSA) is 55.1 Å². The lowest BCUT2D eigenvalue weighted by Gasteiger charge is -2.04. The maximum absolute atomic E-state index is 11.8. The van der Waals surface area contributed by atoms with Gasteiger partial charge in [0.25, 0.3) is 5.91 Å². The molecule has 0 aliphatic heterocycles. The van der Waals surface area contributed by atoms with Crippen molar-refractivity contribution in [2.75, 3.05) is 0 Å². The van der Waals surface area contributed by atoms with E-state index in [1.54, 1.807) is 24.8 Å². The number of nitrogens with one attached hydrogen (secondary N) is 1. The van der Waals surface area contributed by atoms with Gasteiger partial charge in [0.1, 0.15) is 0 Å². The smallest absolute Gasteiger partial charge is 0.252 e. The third-order valence-corrected chi connectivity index (χ3v) is 3.56. The first-order valence-electron chi connectivity index (χ1n) is 6.11. The Morgan fingerprint density at radius 2 is 2.25 bits per heavy atom. The molecule has 0 radical (unpaired) electrons. The highest BCUT2D eigenvalue weighted by molar-refractivity contribution is 7.08. The van der Waals surface area contributed by atoms with Gasteiger partial charge < -0.3 is 9.73 Å². The number of furan rings is 1. The van der Waals surface area contributed by atoms with Gasteiger partial charge in [0.2, 0.25) is 0 Å². The van der Waals surface area contributed by atoms with Gasteiger partial charge in [0.15, 0.2) is 0 Å². The number of carbonyl (C=O) groups is 1. The standard InChI is InChI=1S/C15H12N2O2S/c18-15(13-4-6-20-10-13)17-8-11-1-2-14(16-7-11)12-3-5-19-9-12/h1-7,9-10H,8H2,(H,17,18). The summed E-state index contributed by atoms with van der Waals surface area (Å²) in [6, 6.07) is 7.53. The maximum Gasteiger partial charge on any atom is 0.252 e. The van der Waals surface area contributed by atoms with Crippen LogP contribution >= 0.6 is 11.3 Å². The summed E-state index contributed by atoms with van der Waals surface area (Å²) in [6.07, 6.45) is 5.03. The lowest BCUT2D eigenvalue weighted by molar-refractivity contribution is 0.0951. The van der Waals surface area contributed by atoms with Crippen molar-refractivity contribution >= 4 is 17.2 Å². The van der Waals surface area contributed by atoms with Crippen LogP contribution < -0.4 is 5.32 Å². The summed E-state index contributed by atoms with van der Waals surface area (Å²) in [6.45, 7) is 0.466. The van der Waals surface area contributed by atoms with Crippen molar-refractivity contribution in [3.8, 4) is 11.3 Å². The highest BCUT2D eigenvalue weighted by Gasteiger charge is 2.06. The molecule has 0 aromatic carbocycles. The highest BCUT2D eigenvalue weighted by atomic mass is 32.1. The third-order valence-electron chi connectivity index (χ3n) is 2.88. The summed E-state index contributed by atoms with van der Waals surface area (Å²) < 4.78 is 5.02. The van der Waals surface area contributed by atoms with E-state index in [9.17, 15) is 4.79 Å². The fraction of sp³-hybridized carbons (Fsp3) is 0.0667. The van der Waals surface area contributed by atoms with E-state index >= 15 is 0 Å². The van der Waals surface area contributed by atoms with E-state index in [0.717, 1.165) is 16.8 Å². The first kappa shape index (κ1) is 12.6. The van der Waals surface area contributed by atoms with Crippen LogP contribution in [0.25, 0.3) is 11.3 Å². The second kappa shape index (κ2) is 5.71. The number of carbonyl (C=O) groups excluding carboxylic acids is 1. The number of pyridine rings is 1. The first-order chi connectivity index (χ1) is 9.83. The summed E-state index contributed by atoms with van der Waals surface area (Å²) in [4.78, 5) is 16.1. The highest BCUT2D eigenvalue weighted by Crippen LogP contribution is 2.17. The molecule has 0 saturated heterocycles. The number of thiophene rings is 1. The van der Waals surface area contributed by atoms with Crippen LogP contribution in [-0.2, 0) is 6.54 Å². The molecule has 3 aromatic rings. The van der Waals surface area contributed by atoms with Crippen LogP contribution in [0.1, 0.15) is 15.9 Å². The number of amides is 1. The van der Waals surface area contributed by atoms with Gasteiger partial charge in [-0.1, -0.05) is 6.07 Å². The quantitative estimate of drug-likeness (QED) is 0.799. The lowest BCUT2D eigenvalue weighted by Crippen LogP contribution is -2.22. The summed E-state index contributed by atoms with van der Waals surface area (Å²) in [5.74, 6) is -0.0647. The molecule has 0 atom stereocenters. The van der Waals surface area contributed by atoms with Crippen LogP contribution in [0.3, 0.4) is 0 Å². The van der Waals surface area contributed by atoms with Gasteiger partial charge in [-0.15, -0.1) is 0 Å². The van der Waals surface area contributed by atoms with Crippen molar-refractivity contribution < 1.29 is 9.21 Å². The third kappa shape index (κ3) is 2.78. The number of aromatic nitrogens is 1. The largest absolute Gasteiger partial charge is 0.472 e. The predicted molar refractivity (Wildman–Crippen MR) is 77.4 cm³/mol. The number of rotatable bonds is 4. The Morgan fingerprint density at radius 3 is 2.90 bits per heavy atom. The molecule has 3 aromatic heterocycles. The number of hydrogen-bond acceptors (Lipinski definition) is 4. The van der Waals surface area contributed by atoms with Gasteiger partial charge >= 0.3 is 0 Å². The van der Waals surface area contributed by atoms with E-state index in [-0.39, 0.29) is 5.91 Å². The second-order valence-electron chi connectivity index (χ2n) is 4.26. The monoisotopic (exact) mass is 284 g/mol. The van der Waals surface area contributed by atoms with Gasteiger partial charge in [-0.25, -0.2) is 0 Å². The van der Waals surface area contributed by atoms with E-state index in [4.69, 9.17) is 4.42 Å². The molecule has 0 unspecified atom stereocenters. The second-order valence-corrected chi connectivity index (χ2v) is 5.04. The molecular formula is C15H12N2O2S. The van der Waals surface area contributed by atoms with Crippen LogP contribution in [0.4, 0.5) is 0 Å². The molecule has 1 N–H and O–H groups in total. The van der Waals surface area contributed by atoms with Gasteiger partial charge in [-0.05, 0) is 29.1 Å². The molecule has 0 fully saturated rings. The minimum atomic E-state index is -0.0647. The Kier molecular flexibility index (Phi) is 3.60. The molecule has 3 rings (SSSR count). The zero-order valence-corrected chi connectivity index (χ0v) is 11.4. The van der Waals surface area contributed by atoms with Gasteiger partial charge in [0.05, 0.1) is 18.2 Å². The molecule has 4 nitrogen and oxygen atoms in total.